The molecule has 0 saturated carbocycles. The number of halogens is 2. The summed E-state index contributed by atoms with van der Waals surface area (Å²) in [6.45, 7) is 0.227. The van der Waals surface area contributed by atoms with Crippen molar-refractivity contribution in [2.45, 2.75) is 13.0 Å². The van der Waals surface area contributed by atoms with Gasteiger partial charge in [0.15, 0.2) is 0 Å². The summed E-state index contributed by atoms with van der Waals surface area (Å²) in [6.07, 6.45) is -1.32. The molecule has 0 aliphatic heterocycles. The number of nitro groups is 1. The van der Waals surface area contributed by atoms with Crippen molar-refractivity contribution in [1.29, 1.82) is 0 Å². The van der Waals surface area contributed by atoms with Crippen molar-refractivity contribution >= 4 is 11.4 Å². The maximum absolute atomic E-state index is 12.9. The molecule has 0 aliphatic carbocycles. The topological polar surface area (TPSA) is 68.3 Å². The van der Waals surface area contributed by atoms with Gasteiger partial charge in [0, 0.05) is 23.4 Å². The van der Waals surface area contributed by atoms with E-state index < -0.39 is 16.9 Å². The van der Waals surface area contributed by atoms with Crippen molar-refractivity contribution in [3.8, 4) is 0 Å². The highest BCUT2D eigenvalue weighted by molar-refractivity contribution is 5.56. The van der Waals surface area contributed by atoms with Crippen molar-refractivity contribution in [2.24, 2.45) is 0 Å². The average Bonchev–Trinajstić information content (AvgIpc) is 2.89. The predicted octanol–water partition coefficient (Wildman–Crippen LogP) is 3.74. The normalized spacial score (nSPS) is 10.7. The third kappa shape index (κ3) is 3.06. The molecule has 0 atom stereocenters. The van der Waals surface area contributed by atoms with Crippen molar-refractivity contribution in [2.75, 3.05) is 5.32 Å². The lowest BCUT2D eigenvalue weighted by Crippen LogP contribution is -2.03. The Balaban J connectivity index is 2.21. The Labute approximate surface area is 107 Å². The Morgan fingerprint density at radius 2 is 2.16 bits per heavy atom. The second-order valence-electron chi connectivity index (χ2n) is 3.76. The summed E-state index contributed by atoms with van der Waals surface area (Å²) < 4.78 is 30.8. The van der Waals surface area contributed by atoms with E-state index in [1.807, 2.05) is 0 Å². The van der Waals surface area contributed by atoms with Gasteiger partial charge in [-0.25, -0.2) is 8.78 Å². The maximum atomic E-state index is 12.9. The van der Waals surface area contributed by atoms with Gasteiger partial charge in [-0.2, -0.15) is 0 Å². The van der Waals surface area contributed by atoms with E-state index in [1.165, 1.54) is 18.4 Å². The number of nitrogens with zero attached hydrogens (tertiary/aromatic N) is 1. The van der Waals surface area contributed by atoms with E-state index in [9.17, 15) is 18.9 Å². The van der Waals surface area contributed by atoms with Gasteiger partial charge in [0.05, 0.1) is 17.7 Å². The molecule has 0 saturated heterocycles. The molecule has 1 heterocycles. The third-order valence-corrected chi connectivity index (χ3v) is 2.51. The fourth-order valence-corrected chi connectivity index (χ4v) is 1.60. The number of alkyl halides is 2. The standard InChI is InChI=1S/C12H10F2N2O3/c13-12(14)10-6-8(16(17)18)3-4-11(10)15-7-9-2-1-5-19-9/h1-6,12,15H,7H2. The number of nitro benzene ring substituents is 1. The minimum absolute atomic E-state index is 0.150. The molecular formula is C12H10F2N2O3. The average molecular weight is 268 g/mol. The quantitative estimate of drug-likeness (QED) is 0.662. The number of non-ortho nitro benzene ring substituents is 1. The van der Waals surface area contributed by atoms with Gasteiger partial charge in [-0.15, -0.1) is 0 Å². The van der Waals surface area contributed by atoms with Gasteiger partial charge in [0.1, 0.15) is 5.76 Å². The fraction of sp³-hybridized carbons (Fsp3) is 0.167. The summed E-state index contributed by atoms with van der Waals surface area (Å²) in [6, 6.07) is 6.69. The lowest BCUT2D eigenvalue weighted by molar-refractivity contribution is -0.385. The highest BCUT2D eigenvalue weighted by Gasteiger charge is 2.17. The lowest BCUT2D eigenvalue weighted by Gasteiger charge is -2.10. The summed E-state index contributed by atoms with van der Waals surface area (Å²) in [5.41, 5.74) is -0.614. The van der Waals surface area contributed by atoms with Crippen LogP contribution < -0.4 is 5.32 Å². The molecular weight excluding hydrogens is 258 g/mol. The predicted molar refractivity (Wildman–Crippen MR) is 64.1 cm³/mol. The molecule has 0 radical (unpaired) electrons. The van der Waals surface area contributed by atoms with E-state index in [0.29, 0.717) is 5.76 Å². The Bertz CT molecular complexity index is 570. The largest absolute Gasteiger partial charge is 0.467 e. The Morgan fingerprint density at radius 1 is 1.37 bits per heavy atom. The van der Waals surface area contributed by atoms with Gasteiger partial charge in [-0.05, 0) is 18.2 Å². The van der Waals surface area contributed by atoms with Gasteiger partial charge < -0.3 is 9.73 Å². The summed E-state index contributed by atoms with van der Waals surface area (Å²) in [5.74, 6) is 0.582. The first-order chi connectivity index (χ1) is 9.08. The molecule has 7 heteroatoms. The molecule has 1 aromatic carbocycles. The molecule has 0 unspecified atom stereocenters. The van der Waals surface area contributed by atoms with E-state index in [4.69, 9.17) is 4.42 Å². The maximum Gasteiger partial charge on any atom is 0.270 e. The Hall–Kier alpha value is -2.44. The first-order valence-electron chi connectivity index (χ1n) is 5.40. The molecule has 0 fully saturated rings. The monoisotopic (exact) mass is 268 g/mol. The van der Waals surface area contributed by atoms with Crippen LogP contribution >= 0.6 is 0 Å². The van der Waals surface area contributed by atoms with Crippen molar-refractivity contribution < 1.29 is 18.1 Å². The molecule has 2 rings (SSSR count). The van der Waals surface area contributed by atoms with Gasteiger partial charge in [0.25, 0.3) is 12.1 Å². The van der Waals surface area contributed by atoms with Gasteiger partial charge >= 0.3 is 0 Å². The van der Waals surface area contributed by atoms with Gasteiger partial charge in [0.2, 0.25) is 0 Å². The van der Waals surface area contributed by atoms with E-state index in [0.717, 1.165) is 6.07 Å². The number of benzene rings is 1. The van der Waals surface area contributed by atoms with Crippen molar-refractivity contribution in [1.82, 2.24) is 0 Å². The SMILES string of the molecule is O=[N+]([O-])c1ccc(NCc2ccco2)c(C(F)F)c1. The number of hydrogen-bond donors (Lipinski definition) is 1. The molecule has 5 nitrogen and oxygen atoms in total. The van der Waals surface area contributed by atoms with Crippen LogP contribution in [0.4, 0.5) is 20.2 Å². The van der Waals surface area contributed by atoms with E-state index in [-0.39, 0.29) is 17.9 Å². The summed E-state index contributed by atoms with van der Waals surface area (Å²) >= 11 is 0. The van der Waals surface area contributed by atoms with E-state index >= 15 is 0 Å². The minimum Gasteiger partial charge on any atom is -0.467 e. The number of nitrogens with one attached hydrogen (secondary N) is 1. The van der Waals surface area contributed by atoms with Crippen LogP contribution in [0.25, 0.3) is 0 Å². The molecule has 2 aromatic rings. The van der Waals surface area contributed by atoms with E-state index in [2.05, 4.69) is 5.32 Å². The van der Waals surface area contributed by atoms with Crippen LogP contribution in [0.1, 0.15) is 17.7 Å². The minimum atomic E-state index is -2.79. The molecule has 0 bridgehead atoms. The first kappa shape index (κ1) is 13.0. The summed E-state index contributed by atoms with van der Waals surface area (Å²) in [5, 5.41) is 13.3. The Morgan fingerprint density at radius 3 is 2.74 bits per heavy atom. The Kier molecular flexibility index (Phi) is 3.74. The number of furan rings is 1. The zero-order chi connectivity index (χ0) is 13.8. The van der Waals surface area contributed by atoms with Crippen molar-refractivity contribution in [3.63, 3.8) is 0 Å². The van der Waals surface area contributed by atoms with Gasteiger partial charge in [-0.1, -0.05) is 0 Å². The van der Waals surface area contributed by atoms with Crippen molar-refractivity contribution in [3.05, 3.63) is 58.0 Å². The van der Waals surface area contributed by atoms with Crippen LogP contribution in [0, 0.1) is 10.1 Å². The summed E-state index contributed by atoms with van der Waals surface area (Å²) in [7, 11) is 0. The molecule has 0 aliphatic rings. The molecule has 1 N–H and O–H groups in total. The molecule has 19 heavy (non-hydrogen) atoms. The van der Waals surface area contributed by atoms with Crippen LogP contribution in [0.15, 0.2) is 41.0 Å². The number of hydrogen-bond acceptors (Lipinski definition) is 4. The summed E-state index contributed by atoms with van der Waals surface area (Å²) in [4.78, 5) is 9.85. The number of anilines is 1. The third-order valence-electron chi connectivity index (χ3n) is 2.51. The molecule has 0 amide bonds. The fourth-order valence-electron chi connectivity index (χ4n) is 1.60. The first-order valence-corrected chi connectivity index (χ1v) is 5.40. The van der Waals surface area contributed by atoms with Crippen LogP contribution in [0.3, 0.4) is 0 Å². The highest BCUT2D eigenvalue weighted by atomic mass is 19.3. The second-order valence-corrected chi connectivity index (χ2v) is 3.76. The highest BCUT2D eigenvalue weighted by Crippen LogP contribution is 2.30. The smallest absolute Gasteiger partial charge is 0.270 e. The molecule has 1 aromatic heterocycles. The molecule has 100 valence electrons. The van der Waals surface area contributed by atoms with Crippen LogP contribution in [-0.4, -0.2) is 4.92 Å². The zero-order valence-corrected chi connectivity index (χ0v) is 9.68. The zero-order valence-electron chi connectivity index (χ0n) is 9.68. The molecule has 0 spiro atoms. The van der Waals surface area contributed by atoms with E-state index in [1.54, 1.807) is 12.1 Å². The van der Waals surface area contributed by atoms with Crippen LogP contribution in [0.5, 0.6) is 0 Å². The van der Waals surface area contributed by atoms with Crippen LogP contribution in [0.2, 0.25) is 0 Å². The number of rotatable bonds is 5. The van der Waals surface area contributed by atoms with Crippen LogP contribution in [-0.2, 0) is 6.54 Å². The van der Waals surface area contributed by atoms with Gasteiger partial charge in [-0.3, -0.25) is 10.1 Å². The second kappa shape index (κ2) is 5.47. The lowest BCUT2D eigenvalue weighted by atomic mass is 10.1.